The zero-order valence-corrected chi connectivity index (χ0v) is 16.9. The minimum atomic E-state index is -0.331. The van der Waals surface area contributed by atoms with E-state index in [9.17, 15) is 4.79 Å². The van der Waals surface area contributed by atoms with Gasteiger partial charge < -0.3 is 4.74 Å². The summed E-state index contributed by atoms with van der Waals surface area (Å²) in [4.78, 5) is 17.6. The summed E-state index contributed by atoms with van der Waals surface area (Å²) in [5.41, 5.74) is 6.15. The Kier molecular flexibility index (Phi) is 5.72. The molecule has 0 radical (unpaired) electrons. The number of fused-ring (bicyclic) bond motifs is 1. The van der Waals surface area contributed by atoms with E-state index in [1.54, 1.807) is 31.4 Å². The molecule has 6 heteroatoms. The molecule has 30 heavy (non-hydrogen) atoms. The maximum absolute atomic E-state index is 12.9. The second kappa shape index (κ2) is 8.76. The number of rotatable bonds is 5. The standard InChI is InChI=1S/C24H18ClN3O2/c1-30-23-12-11-18(25)13-17(23)15-26-28-24(29)20-14-22(16-7-3-2-4-8-16)27-21-10-6-5-9-19(20)21/h2-15H,1H3,(H,28,29)/b26-15-. The number of nitrogens with zero attached hydrogens (tertiary/aromatic N) is 2. The van der Waals surface area contributed by atoms with Gasteiger partial charge in [-0.1, -0.05) is 60.1 Å². The second-order valence-corrected chi connectivity index (χ2v) is 6.96. The highest BCUT2D eigenvalue weighted by molar-refractivity contribution is 6.30. The molecule has 4 rings (SSSR count). The fourth-order valence-corrected chi connectivity index (χ4v) is 3.33. The molecule has 0 bridgehead atoms. The van der Waals surface area contributed by atoms with Gasteiger partial charge >= 0.3 is 0 Å². The number of hydrogen-bond acceptors (Lipinski definition) is 4. The van der Waals surface area contributed by atoms with Crippen molar-refractivity contribution in [2.24, 2.45) is 5.10 Å². The van der Waals surface area contributed by atoms with Crippen molar-refractivity contribution in [3.8, 4) is 17.0 Å². The molecule has 1 heterocycles. The maximum Gasteiger partial charge on any atom is 0.272 e. The predicted octanol–water partition coefficient (Wildman–Crippen LogP) is 5.33. The first-order valence-electron chi connectivity index (χ1n) is 9.28. The van der Waals surface area contributed by atoms with Gasteiger partial charge in [-0.05, 0) is 30.3 Å². The van der Waals surface area contributed by atoms with Crippen LogP contribution in [0.15, 0.2) is 84.0 Å². The molecule has 1 N–H and O–H groups in total. The quantitative estimate of drug-likeness (QED) is 0.354. The Bertz CT molecular complexity index is 1240. The average molecular weight is 416 g/mol. The lowest BCUT2D eigenvalue weighted by atomic mass is 10.0. The van der Waals surface area contributed by atoms with Crippen molar-refractivity contribution in [3.63, 3.8) is 0 Å². The van der Waals surface area contributed by atoms with Crippen LogP contribution in [0.4, 0.5) is 0 Å². The van der Waals surface area contributed by atoms with E-state index >= 15 is 0 Å². The number of hydrogen-bond donors (Lipinski definition) is 1. The van der Waals surface area contributed by atoms with Crippen LogP contribution in [0.5, 0.6) is 5.75 Å². The smallest absolute Gasteiger partial charge is 0.272 e. The van der Waals surface area contributed by atoms with E-state index < -0.39 is 0 Å². The van der Waals surface area contributed by atoms with Crippen LogP contribution in [-0.2, 0) is 0 Å². The summed E-state index contributed by atoms with van der Waals surface area (Å²) in [6, 6.07) is 24.2. The molecule has 0 unspecified atom stereocenters. The van der Waals surface area contributed by atoms with Crippen molar-refractivity contribution in [1.29, 1.82) is 0 Å². The van der Waals surface area contributed by atoms with Crippen LogP contribution in [0, 0.1) is 0 Å². The van der Waals surface area contributed by atoms with E-state index in [-0.39, 0.29) is 5.91 Å². The van der Waals surface area contributed by atoms with Crippen LogP contribution in [0.25, 0.3) is 22.2 Å². The van der Waals surface area contributed by atoms with Crippen LogP contribution in [-0.4, -0.2) is 24.2 Å². The van der Waals surface area contributed by atoms with Gasteiger partial charge in [-0.25, -0.2) is 10.4 Å². The largest absolute Gasteiger partial charge is 0.496 e. The molecule has 1 aromatic heterocycles. The van der Waals surface area contributed by atoms with Crippen LogP contribution < -0.4 is 10.2 Å². The maximum atomic E-state index is 12.9. The monoisotopic (exact) mass is 415 g/mol. The molecule has 0 aliphatic rings. The number of benzene rings is 3. The molecule has 0 atom stereocenters. The van der Waals surface area contributed by atoms with Crippen LogP contribution in [0.1, 0.15) is 15.9 Å². The lowest BCUT2D eigenvalue weighted by Crippen LogP contribution is -2.18. The number of amides is 1. The highest BCUT2D eigenvalue weighted by Gasteiger charge is 2.13. The highest BCUT2D eigenvalue weighted by atomic mass is 35.5. The first-order chi connectivity index (χ1) is 14.7. The number of methoxy groups -OCH3 is 1. The molecule has 4 aromatic rings. The van der Waals surface area contributed by atoms with E-state index in [1.807, 2.05) is 54.6 Å². The summed E-state index contributed by atoms with van der Waals surface area (Å²) < 4.78 is 5.29. The lowest BCUT2D eigenvalue weighted by Gasteiger charge is -2.09. The van der Waals surface area contributed by atoms with E-state index in [0.29, 0.717) is 21.9 Å². The Hall–Kier alpha value is -3.70. The van der Waals surface area contributed by atoms with E-state index in [4.69, 9.17) is 21.3 Å². The number of carbonyl (C=O) groups excluding carboxylic acids is 1. The van der Waals surface area contributed by atoms with Gasteiger partial charge in [0.15, 0.2) is 0 Å². The summed E-state index contributed by atoms with van der Waals surface area (Å²) in [5.74, 6) is 0.279. The minimum absolute atomic E-state index is 0.331. The first kappa shape index (κ1) is 19.6. The molecule has 0 saturated carbocycles. The Morgan fingerprint density at radius 3 is 2.60 bits per heavy atom. The predicted molar refractivity (Wildman–Crippen MR) is 120 cm³/mol. The zero-order valence-electron chi connectivity index (χ0n) is 16.2. The number of para-hydroxylation sites is 1. The molecule has 148 valence electrons. The number of carbonyl (C=O) groups is 1. The summed E-state index contributed by atoms with van der Waals surface area (Å²) in [7, 11) is 1.56. The van der Waals surface area contributed by atoms with Gasteiger partial charge in [0.2, 0.25) is 0 Å². The summed E-state index contributed by atoms with van der Waals surface area (Å²) in [6.45, 7) is 0. The molecule has 0 fully saturated rings. The van der Waals surface area contributed by atoms with Crippen molar-refractivity contribution in [1.82, 2.24) is 10.4 Å². The van der Waals surface area contributed by atoms with Crippen LogP contribution in [0.3, 0.4) is 0 Å². The molecular formula is C24H18ClN3O2. The van der Waals surface area contributed by atoms with Gasteiger partial charge in [0.1, 0.15) is 5.75 Å². The van der Waals surface area contributed by atoms with E-state index in [1.165, 1.54) is 6.21 Å². The fraction of sp³-hybridized carbons (Fsp3) is 0.0417. The molecule has 0 aliphatic carbocycles. The number of aromatic nitrogens is 1. The number of ether oxygens (including phenoxy) is 1. The van der Waals surface area contributed by atoms with Crippen molar-refractivity contribution in [2.75, 3.05) is 7.11 Å². The number of halogens is 1. The molecule has 5 nitrogen and oxygen atoms in total. The van der Waals surface area contributed by atoms with Gasteiger partial charge in [-0.15, -0.1) is 0 Å². The van der Waals surface area contributed by atoms with Crippen LogP contribution in [0.2, 0.25) is 5.02 Å². The molecule has 1 amide bonds. The normalized spacial score (nSPS) is 11.0. The third-order valence-corrected chi connectivity index (χ3v) is 4.83. The summed E-state index contributed by atoms with van der Waals surface area (Å²) >= 11 is 6.04. The van der Waals surface area contributed by atoms with Crippen molar-refractivity contribution >= 4 is 34.6 Å². The Morgan fingerprint density at radius 2 is 1.80 bits per heavy atom. The molecular weight excluding hydrogens is 398 g/mol. The van der Waals surface area contributed by atoms with E-state index in [2.05, 4.69) is 10.5 Å². The fourth-order valence-electron chi connectivity index (χ4n) is 3.15. The molecule has 0 aliphatic heterocycles. The third-order valence-electron chi connectivity index (χ3n) is 4.59. The molecule has 3 aromatic carbocycles. The van der Waals surface area contributed by atoms with Gasteiger partial charge in [-0.3, -0.25) is 4.79 Å². The SMILES string of the molecule is COc1ccc(Cl)cc1/C=N\NC(=O)c1cc(-c2ccccc2)nc2ccccc12. The topological polar surface area (TPSA) is 63.6 Å². The van der Waals surface area contributed by atoms with Crippen molar-refractivity contribution in [3.05, 3.63) is 95.0 Å². The van der Waals surface area contributed by atoms with Gasteiger partial charge in [0.25, 0.3) is 5.91 Å². The number of pyridine rings is 1. The van der Waals surface area contributed by atoms with Crippen molar-refractivity contribution in [2.45, 2.75) is 0 Å². The number of nitrogens with one attached hydrogen (secondary N) is 1. The van der Waals surface area contributed by atoms with Crippen molar-refractivity contribution < 1.29 is 9.53 Å². The van der Waals surface area contributed by atoms with Gasteiger partial charge in [0, 0.05) is 21.5 Å². The number of hydrazone groups is 1. The summed E-state index contributed by atoms with van der Waals surface area (Å²) in [5, 5.41) is 5.40. The van der Waals surface area contributed by atoms with Gasteiger partial charge in [0.05, 0.1) is 30.1 Å². The van der Waals surface area contributed by atoms with E-state index in [0.717, 1.165) is 22.2 Å². The zero-order chi connectivity index (χ0) is 20.9. The Morgan fingerprint density at radius 1 is 1.03 bits per heavy atom. The highest BCUT2D eigenvalue weighted by Crippen LogP contribution is 2.25. The van der Waals surface area contributed by atoms with Crippen LogP contribution >= 0.6 is 11.6 Å². The third kappa shape index (κ3) is 4.16. The van der Waals surface area contributed by atoms with Gasteiger partial charge in [-0.2, -0.15) is 5.10 Å². The Balaban J connectivity index is 1.67. The Labute approximate surface area is 179 Å². The minimum Gasteiger partial charge on any atom is -0.496 e. The second-order valence-electron chi connectivity index (χ2n) is 6.52. The average Bonchev–Trinajstić information content (AvgIpc) is 2.79. The lowest BCUT2D eigenvalue weighted by molar-refractivity contribution is 0.0956. The summed E-state index contributed by atoms with van der Waals surface area (Å²) in [6.07, 6.45) is 1.50. The molecule has 0 saturated heterocycles. The first-order valence-corrected chi connectivity index (χ1v) is 9.65. The molecule has 0 spiro atoms.